The van der Waals surface area contributed by atoms with Gasteiger partial charge >= 0.3 is 5.97 Å². The molecule has 0 saturated heterocycles. The molecule has 2 aromatic rings. The summed E-state index contributed by atoms with van der Waals surface area (Å²) in [5, 5.41) is 0. The number of aromatic nitrogens is 1. The molecule has 0 fully saturated rings. The van der Waals surface area contributed by atoms with Crippen LogP contribution in [-0.2, 0) is 20.9 Å². The average Bonchev–Trinajstić information content (AvgIpc) is 2.80. The van der Waals surface area contributed by atoms with E-state index in [4.69, 9.17) is 0 Å². The lowest BCUT2D eigenvalue weighted by atomic mass is 10.0. The Morgan fingerprint density at radius 1 is 1.36 bits per heavy atom. The van der Waals surface area contributed by atoms with Crippen LogP contribution in [0.25, 0.3) is 10.2 Å². The number of benzene rings is 1. The van der Waals surface area contributed by atoms with Crippen molar-refractivity contribution in [3.8, 4) is 0 Å². The quantitative estimate of drug-likeness (QED) is 0.814. The summed E-state index contributed by atoms with van der Waals surface area (Å²) in [6.45, 7) is 6.15. The molecule has 5 nitrogen and oxygen atoms in total. The predicted molar refractivity (Wildman–Crippen MR) is 86.8 cm³/mol. The molecule has 0 radical (unpaired) electrons. The van der Waals surface area contributed by atoms with Gasteiger partial charge in [0.25, 0.3) is 0 Å². The number of aryl methyl sites for hydroxylation is 1. The Labute approximate surface area is 133 Å². The molecule has 1 aromatic heterocycles. The number of nitrogens with zero attached hydrogens (tertiary/aromatic N) is 2. The number of hydrogen-bond donors (Lipinski definition) is 0. The summed E-state index contributed by atoms with van der Waals surface area (Å²) in [4.78, 5) is 27.4. The van der Waals surface area contributed by atoms with Crippen LogP contribution in [0.5, 0.6) is 0 Å². The van der Waals surface area contributed by atoms with E-state index in [1.54, 1.807) is 0 Å². The molecule has 0 saturated carbocycles. The Hall–Kier alpha value is -1.95. The first kappa shape index (κ1) is 16.4. The Kier molecular flexibility index (Phi) is 5.13. The van der Waals surface area contributed by atoms with Crippen LogP contribution in [0.1, 0.15) is 38.7 Å². The molecule has 0 N–H and O–H groups in total. The fourth-order valence-electron chi connectivity index (χ4n) is 2.19. The number of amides is 1. The number of methoxy groups -OCH3 is 1. The van der Waals surface area contributed by atoms with Crippen LogP contribution in [0, 0.1) is 0 Å². The van der Waals surface area contributed by atoms with Gasteiger partial charge in [-0.25, -0.2) is 0 Å². The Morgan fingerprint density at radius 3 is 2.68 bits per heavy atom. The van der Waals surface area contributed by atoms with E-state index in [-0.39, 0.29) is 18.3 Å². The van der Waals surface area contributed by atoms with Gasteiger partial charge in [0.15, 0.2) is 4.80 Å². The molecule has 0 atom stereocenters. The van der Waals surface area contributed by atoms with Crippen molar-refractivity contribution in [2.45, 2.75) is 39.7 Å². The maximum Gasteiger partial charge on any atom is 0.307 e. The van der Waals surface area contributed by atoms with E-state index < -0.39 is 0 Å². The highest BCUT2D eigenvalue weighted by molar-refractivity contribution is 7.16. The molecule has 0 spiro atoms. The monoisotopic (exact) mass is 320 g/mol. The summed E-state index contributed by atoms with van der Waals surface area (Å²) in [5.41, 5.74) is 2.22. The van der Waals surface area contributed by atoms with Gasteiger partial charge in [-0.2, -0.15) is 4.99 Å². The molecule has 0 aliphatic carbocycles. The molecule has 0 unspecified atom stereocenters. The Balaban J connectivity index is 2.54. The summed E-state index contributed by atoms with van der Waals surface area (Å²) < 4.78 is 7.66. The Bertz CT molecular complexity index is 771. The lowest BCUT2D eigenvalue weighted by Gasteiger charge is -2.07. The van der Waals surface area contributed by atoms with Crippen molar-refractivity contribution < 1.29 is 14.3 Å². The zero-order valence-corrected chi connectivity index (χ0v) is 14.1. The number of carbonyl (C=O) groups is 2. The molecule has 2 rings (SSSR count). The van der Waals surface area contributed by atoms with E-state index in [0.717, 1.165) is 10.2 Å². The molecule has 0 bridgehead atoms. The number of hydrogen-bond acceptors (Lipinski definition) is 4. The van der Waals surface area contributed by atoms with Crippen molar-refractivity contribution in [3.63, 3.8) is 0 Å². The first-order chi connectivity index (χ1) is 10.4. The minimum atomic E-state index is -0.278. The molecule has 118 valence electrons. The fraction of sp³-hybridized carbons (Fsp3) is 0.438. The van der Waals surface area contributed by atoms with Gasteiger partial charge in [-0.3, -0.25) is 9.59 Å². The highest BCUT2D eigenvalue weighted by atomic mass is 32.1. The maximum atomic E-state index is 11.4. The number of carbonyl (C=O) groups excluding carboxylic acids is 2. The lowest BCUT2D eigenvalue weighted by Crippen LogP contribution is -2.18. The summed E-state index contributed by atoms with van der Waals surface area (Å²) >= 11 is 1.47. The van der Waals surface area contributed by atoms with E-state index in [1.165, 1.54) is 30.9 Å². The van der Waals surface area contributed by atoms with Crippen molar-refractivity contribution in [2.75, 3.05) is 7.11 Å². The van der Waals surface area contributed by atoms with Gasteiger partial charge in [-0.15, -0.1) is 0 Å². The second-order valence-electron chi connectivity index (χ2n) is 5.38. The Morgan fingerprint density at radius 2 is 2.09 bits per heavy atom. The van der Waals surface area contributed by atoms with Crippen LogP contribution in [0.4, 0.5) is 0 Å². The largest absolute Gasteiger partial charge is 0.469 e. The minimum Gasteiger partial charge on any atom is -0.469 e. The average molecular weight is 320 g/mol. The van der Waals surface area contributed by atoms with Gasteiger partial charge in [0.1, 0.15) is 0 Å². The number of rotatable bonds is 4. The topological polar surface area (TPSA) is 60.7 Å². The molecule has 1 heterocycles. The second kappa shape index (κ2) is 6.87. The van der Waals surface area contributed by atoms with Crippen molar-refractivity contribution in [1.29, 1.82) is 0 Å². The van der Waals surface area contributed by atoms with Crippen LogP contribution in [0.3, 0.4) is 0 Å². The summed E-state index contributed by atoms with van der Waals surface area (Å²) in [5.74, 6) is -0.0925. The minimum absolute atomic E-state index is 0.248. The van der Waals surface area contributed by atoms with E-state index in [2.05, 4.69) is 35.7 Å². The smallest absolute Gasteiger partial charge is 0.307 e. The van der Waals surface area contributed by atoms with E-state index in [0.29, 0.717) is 17.3 Å². The van der Waals surface area contributed by atoms with Gasteiger partial charge in [0, 0.05) is 13.5 Å². The first-order valence-corrected chi connectivity index (χ1v) is 7.99. The third-order valence-electron chi connectivity index (χ3n) is 3.39. The third-order valence-corrected chi connectivity index (χ3v) is 4.43. The summed E-state index contributed by atoms with van der Waals surface area (Å²) in [7, 11) is 1.37. The van der Waals surface area contributed by atoms with Gasteiger partial charge in [0.05, 0.1) is 23.7 Å². The maximum absolute atomic E-state index is 11.4. The predicted octanol–water partition coefficient (Wildman–Crippen LogP) is 2.84. The van der Waals surface area contributed by atoms with Crippen LogP contribution >= 0.6 is 11.3 Å². The molecule has 6 heteroatoms. The van der Waals surface area contributed by atoms with E-state index in [1.807, 2.05) is 10.6 Å². The van der Waals surface area contributed by atoms with E-state index >= 15 is 0 Å². The molecule has 0 aliphatic heterocycles. The summed E-state index contributed by atoms with van der Waals surface area (Å²) in [6, 6.07) is 6.22. The van der Waals surface area contributed by atoms with Gasteiger partial charge in [0.2, 0.25) is 5.91 Å². The van der Waals surface area contributed by atoms with Gasteiger partial charge in [-0.05, 0) is 23.6 Å². The molecule has 1 aromatic carbocycles. The first-order valence-electron chi connectivity index (χ1n) is 7.17. The molecular formula is C16H20N2O3S. The highest BCUT2D eigenvalue weighted by Crippen LogP contribution is 2.23. The third kappa shape index (κ3) is 3.62. The summed E-state index contributed by atoms with van der Waals surface area (Å²) in [6.07, 6.45) is 0.249. The standard InChI is InChI=1S/C16H20N2O3S/c1-10(2)12-5-6-13-14(9-12)22-16(17-11(3)19)18(13)8-7-15(20)21-4/h5-6,9-10H,7-8H2,1-4H3. The van der Waals surface area contributed by atoms with Crippen LogP contribution < -0.4 is 4.80 Å². The zero-order chi connectivity index (χ0) is 16.3. The SMILES string of the molecule is COC(=O)CCn1c(=NC(C)=O)sc2cc(C(C)C)ccc21. The number of esters is 1. The molecular weight excluding hydrogens is 300 g/mol. The normalized spacial score (nSPS) is 12.1. The second-order valence-corrected chi connectivity index (χ2v) is 6.38. The van der Waals surface area contributed by atoms with Crippen LogP contribution in [0.15, 0.2) is 23.2 Å². The fourth-order valence-corrected chi connectivity index (χ4v) is 3.34. The van der Waals surface area contributed by atoms with Crippen molar-refractivity contribution in [3.05, 3.63) is 28.6 Å². The van der Waals surface area contributed by atoms with Crippen molar-refractivity contribution >= 4 is 33.4 Å². The molecule has 22 heavy (non-hydrogen) atoms. The number of ether oxygens (including phenoxy) is 1. The lowest BCUT2D eigenvalue weighted by molar-refractivity contribution is -0.140. The highest BCUT2D eigenvalue weighted by Gasteiger charge is 2.11. The van der Waals surface area contributed by atoms with Crippen LogP contribution in [0.2, 0.25) is 0 Å². The van der Waals surface area contributed by atoms with Crippen molar-refractivity contribution in [2.24, 2.45) is 4.99 Å². The van der Waals surface area contributed by atoms with Crippen LogP contribution in [-0.4, -0.2) is 23.6 Å². The van der Waals surface area contributed by atoms with Gasteiger partial charge < -0.3 is 9.30 Å². The van der Waals surface area contributed by atoms with Crippen molar-refractivity contribution in [1.82, 2.24) is 4.57 Å². The number of thiazole rings is 1. The number of fused-ring (bicyclic) bond motifs is 1. The van der Waals surface area contributed by atoms with Gasteiger partial charge in [-0.1, -0.05) is 31.3 Å². The van der Waals surface area contributed by atoms with E-state index in [9.17, 15) is 9.59 Å². The zero-order valence-electron chi connectivity index (χ0n) is 13.3. The molecule has 0 aliphatic rings. The molecule has 1 amide bonds.